The average Bonchev–Trinajstić information content (AvgIpc) is 2.25. The van der Waals surface area contributed by atoms with E-state index in [4.69, 9.17) is 16.3 Å². The number of alkyl halides is 1. The molecule has 18 heavy (non-hydrogen) atoms. The number of hydrogen-bond acceptors (Lipinski definition) is 2. The maximum absolute atomic E-state index is 14.1. The molecule has 1 aliphatic rings. The molecule has 0 bridgehead atoms. The summed E-state index contributed by atoms with van der Waals surface area (Å²) in [5.41, 5.74) is 1.18. The molecule has 1 fully saturated rings. The second kappa shape index (κ2) is 5.06. The van der Waals surface area contributed by atoms with E-state index in [-0.39, 0.29) is 17.5 Å². The van der Waals surface area contributed by atoms with E-state index in [9.17, 15) is 4.39 Å². The highest BCUT2D eigenvalue weighted by Gasteiger charge is 2.32. The van der Waals surface area contributed by atoms with E-state index < -0.39 is 0 Å². The van der Waals surface area contributed by atoms with Gasteiger partial charge in [0.2, 0.25) is 0 Å². The quantitative estimate of drug-likeness (QED) is 0.763. The van der Waals surface area contributed by atoms with Gasteiger partial charge in [-0.25, -0.2) is 4.39 Å². The molecule has 2 rings (SSSR count). The van der Waals surface area contributed by atoms with E-state index in [1.54, 1.807) is 6.07 Å². The Morgan fingerprint density at radius 3 is 2.78 bits per heavy atom. The first-order valence-electron chi connectivity index (χ1n) is 6.18. The van der Waals surface area contributed by atoms with Gasteiger partial charge in [0.05, 0.1) is 17.4 Å². The summed E-state index contributed by atoms with van der Waals surface area (Å²) in [5.74, 6) is 0.125. The van der Waals surface area contributed by atoms with Gasteiger partial charge in [-0.15, -0.1) is 11.6 Å². The van der Waals surface area contributed by atoms with Crippen molar-refractivity contribution >= 4 is 17.3 Å². The summed E-state index contributed by atoms with van der Waals surface area (Å²) in [4.78, 5) is 2.04. The highest BCUT2D eigenvalue weighted by Crippen LogP contribution is 2.28. The Balaban J connectivity index is 2.25. The number of nitrogens with zero attached hydrogens (tertiary/aromatic N) is 1. The third-order valence-corrected chi connectivity index (χ3v) is 3.39. The minimum absolute atomic E-state index is 0.0980. The lowest BCUT2D eigenvalue weighted by molar-refractivity contribution is -0.0751. The van der Waals surface area contributed by atoms with E-state index >= 15 is 0 Å². The molecule has 0 amide bonds. The van der Waals surface area contributed by atoms with Crippen LogP contribution in [0, 0.1) is 5.82 Å². The minimum atomic E-state index is -0.255. The molecule has 0 aliphatic carbocycles. The highest BCUT2D eigenvalue weighted by molar-refractivity contribution is 6.17. The lowest BCUT2D eigenvalue weighted by atomic mass is 10.0. The fourth-order valence-electron chi connectivity index (χ4n) is 2.53. The standard InChI is InChI=1S/C14H19ClFNO/c1-10-8-17(9-14(2,3)18-10)13-5-4-11(7-15)6-12(13)16/h4-6,10H,7-9H2,1-3H3. The van der Waals surface area contributed by atoms with Crippen molar-refractivity contribution in [3.63, 3.8) is 0 Å². The lowest BCUT2D eigenvalue weighted by Crippen LogP contribution is -2.52. The third kappa shape index (κ3) is 2.96. The van der Waals surface area contributed by atoms with Crippen molar-refractivity contribution in [1.29, 1.82) is 0 Å². The van der Waals surface area contributed by atoms with Gasteiger partial charge in [0.1, 0.15) is 5.82 Å². The Morgan fingerprint density at radius 1 is 1.50 bits per heavy atom. The summed E-state index contributed by atoms with van der Waals surface area (Å²) in [6.45, 7) is 7.47. The zero-order valence-electron chi connectivity index (χ0n) is 11.0. The third-order valence-electron chi connectivity index (χ3n) is 3.08. The van der Waals surface area contributed by atoms with Crippen molar-refractivity contribution in [2.45, 2.75) is 38.4 Å². The van der Waals surface area contributed by atoms with Crippen molar-refractivity contribution in [3.05, 3.63) is 29.6 Å². The maximum Gasteiger partial charge on any atom is 0.146 e. The fourth-order valence-corrected chi connectivity index (χ4v) is 2.69. The molecular weight excluding hydrogens is 253 g/mol. The van der Waals surface area contributed by atoms with Crippen LogP contribution in [0.15, 0.2) is 18.2 Å². The first-order chi connectivity index (χ1) is 8.41. The minimum Gasteiger partial charge on any atom is -0.369 e. The van der Waals surface area contributed by atoms with Crippen LogP contribution in [0.3, 0.4) is 0 Å². The Hall–Kier alpha value is -0.800. The van der Waals surface area contributed by atoms with E-state index in [1.807, 2.05) is 31.7 Å². The Kier molecular flexibility index (Phi) is 3.83. The van der Waals surface area contributed by atoms with Crippen LogP contribution in [0.5, 0.6) is 0 Å². The fraction of sp³-hybridized carbons (Fsp3) is 0.571. The van der Waals surface area contributed by atoms with Crippen LogP contribution >= 0.6 is 11.6 Å². The summed E-state index contributed by atoms with van der Waals surface area (Å²) in [7, 11) is 0. The van der Waals surface area contributed by atoms with Crippen LogP contribution in [-0.4, -0.2) is 24.8 Å². The molecule has 1 aromatic carbocycles. The number of benzene rings is 1. The number of hydrogen-bond donors (Lipinski definition) is 0. The maximum atomic E-state index is 14.1. The Morgan fingerprint density at radius 2 is 2.22 bits per heavy atom. The smallest absolute Gasteiger partial charge is 0.146 e. The number of morpholine rings is 1. The number of halogens is 2. The topological polar surface area (TPSA) is 12.5 Å². The number of ether oxygens (including phenoxy) is 1. The van der Waals surface area contributed by atoms with Crippen LogP contribution in [-0.2, 0) is 10.6 Å². The molecule has 0 saturated carbocycles. The largest absolute Gasteiger partial charge is 0.369 e. The van der Waals surface area contributed by atoms with Crippen molar-refractivity contribution in [2.75, 3.05) is 18.0 Å². The monoisotopic (exact) mass is 271 g/mol. The zero-order valence-corrected chi connectivity index (χ0v) is 11.8. The predicted octanol–water partition coefficient (Wildman–Crippen LogP) is 3.57. The molecule has 1 heterocycles. The first-order valence-corrected chi connectivity index (χ1v) is 6.72. The summed E-state index contributed by atoms with van der Waals surface area (Å²) < 4.78 is 19.9. The molecule has 1 saturated heterocycles. The van der Waals surface area contributed by atoms with Crippen LogP contribution in [0.1, 0.15) is 26.3 Å². The molecule has 100 valence electrons. The van der Waals surface area contributed by atoms with Gasteiger partial charge in [-0.1, -0.05) is 6.07 Å². The summed E-state index contributed by atoms with van der Waals surface area (Å²) in [6.07, 6.45) is 0.0980. The van der Waals surface area contributed by atoms with Gasteiger partial charge in [0.15, 0.2) is 0 Å². The van der Waals surface area contributed by atoms with Gasteiger partial charge in [-0.3, -0.25) is 0 Å². The molecule has 0 N–H and O–H groups in total. The Labute approximate surface area is 113 Å². The number of rotatable bonds is 2. The zero-order chi connectivity index (χ0) is 13.3. The second-order valence-electron chi connectivity index (χ2n) is 5.49. The van der Waals surface area contributed by atoms with Crippen molar-refractivity contribution in [1.82, 2.24) is 0 Å². The molecule has 1 aromatic rings. The van der Waals surface area contributed by atoms with Crippen LogP contribution in [0.25, 0.3) is 0 Å². The van der Waals surface area contributed by atoms with Gasteiger partial charge >= 0.3 is 0 Å². The second-order valence-corrected chi connectivity index (χ2v) is 5.76. The van der Waals surface area contributed by atoms with E-state index in [0.717, 1.165) is 5.56 Å². The summed E-state index contributed by atoms with van der Waals surface area (Å²) in [5, 5.41) is 0. The van der Waals surface area contributed by atoms with Gasteiger partial charge < -0.3 is 9.64 Å². The lowest BCUT2D eigenvalue weighted by Gasteiger charge is -2.43. The molecule has 0 aromatic heterocycles. The van der Waals surface area contributed by atoms with Gasteiger partial charge in [0.25, 0.3) is 0 Å². The van der Waals surface area contributed by atoms with E-state index in [1.165, 1.54) is 6.07 Å². The SMILES string of the molecule is CC1CN(c2ccc(CCl)cc2F)CC(C)(C)O1. The highest BCUT2D eigenvalue weighted by atomic mass is 35.5. The predicted molar refractivity (Wildman–Crippen MR) is 72.8 cm³/mol. The molecule has 1 atom stereocenters. The van der Waals surface area contributed by atoms with Crippen molar-refractivity contribution in [3.8, 4) is 0 Å². The Bertz CT molecular complexity index is 436. The molecule has 2 nitrogen and oxygen atoms in total. The van der Waals surface area contributed by atoms with E-state index in [2.05, 4.69) is 0 Å². The van der Waals surface area contributed by atoms with Crippen LogP contribution in [0.2, 0.25) is 0 Å². The van der Waals surface area contributed by atoms with Crippen LogP contribution < -0.4 is 4.90 Å². The summed E-state index contributed by atoms with van der Waals surface area (Å²) in [6, 6.07) is 5.19. The van der Waals surface area contributed by atoms with Gasteiger partial charge in [-0.05, 0) is 38.5 Å². The van der Waals surface area contributed by atoms with Gasteiger partial charge in [-0.2, -0.15) is 0 Å². The van der Waals surface area contributed by atoms with E-state index in [0.29, 0.717) is 24.7 Å². The normalized spacial score (nSPS) is 23.2. The molecule has 0 spiro atoms. The molecule has 1 aliphatic heterocycles. The molecular formula is C14H19ClFNO. The number of anilines is 1. The molecule has 1 unspecified atom stereocenters. The first kappa shape index (κ1) is 13.6. The van der Waals surface area contributed by atoms with Crippen molar-refractivity contribution < 1.29 is 9.13 Å². The summed E-state index contributed by atoms with van der Waals surface area (Å²) >= 11 is 5.71. The van der Waals surface area contributed by atoms with Gasteiger partial charge in [0, 0.05) is 19.0 Å². The van der Waals surface area contributed by atoms with Crippen molar-refractivity contribution in [2.24, 2.45) is 0 Å². The van der Waals surface area contributed by atoms with Crippen LogP contribution in [0.4, 0.5) is 10.1 Å². The molecule has 4 heteroatoms. The average molecular weight is 272 g/mol. The molecule has 0 radical (unpaired) electrons.